The maximum absolute atomic E-state index is 11.2. The van der Waals surface area contributed by atoms with Crippen LogP contribution in [-0.2, 0) is 15.9 Å². The van der Waals surface area contributed by atoms with Gasteiger partial charge in [0, 0.05) is 20.8 Å². The first-order chi connectivity index (χ1) is 8.67. The van der Waals surface area contributed by atoms with Crippen molar-refractivity contribution in [1.29, 1.82) is 0 Å². The number of carbonyl (C=O) groups is 1. The van der Waals surface area contributed by atoms with Gasteiger partial charge in [0.25, 0.3) is 0 Å². The van der Waals surface area contributed by atoms with Gasteiger partial charge in [-0.3, -0.25) is 4.90 Å². The molecule has 0 spiro atoms. The number of fused-ring (bicyclic) bond motifs is 1. The van der Waals surface area contributed by atoms with E-state index in [2.05, 4.69) is 4.98 Å². The minimum Gasteiger partial charge on any atom is -0.465 e. The summed E-state index contributed by atoms with van der Waals surface area (Å²) in [5, 5.41) is 9.15. The van der Waals surface area contributed by atoms with E-state index in [-0.39, 0.29) is 0 Å². The number of hydrogen-bond acceptors (Lipinski definition) is 4. The Morgan fingerprint density at radius 2 is 2.17 bits per heavy atom. The van der Waals surface area contributed by atoms with Gasteiger partial charge in [-0.25, -0.2) is 9.78 Å². The van der Waals surface area contributed by atoms with E-state index in [1.165, 1.54) is 19.1 Å². The molecule has 0 radical (unpaired) electrons. The predicted octanol–water partition coefficient (Wildman–Crippen LogP) is 1.80. The lowest BCUT2D eigenvalue weighted by Gasteiger charge is -2.26. The monoisotopic (exact) mass is 252 g/mol. The number of ether oxygens (including phenoxy) is 2. The highest BCUT2D eigenvalue weighted by Crippen LogP contribution is 2.27. The summed E-state index contributed by atoms with van der Waals surface area (Å²) in [5.41, 5.74) is 1.52. The average molecular weight is 252 g/mol. The molecular formula is C12H16N2O4. The quantitative estimate of drug-likeness (QED) is 0.830. The molecule has 0 unspecified atom stereocenters. The van der Waals surface area contributed by atoms with Gasteiger partial charge in [0.05, 0.1) is 5.69 Å². The minimum atomic E-state index is -0.980. The SMILES string of the molecule is COC(OC)c1ccc2c(n1)N(C(=O)O)CCC2. The Morgan fingerprint density at radius 3 is 2.78 bits per heavy atom. The smallest absolute Gasteiger partial charge is 0.413 e. The Hall–Kier alpha value is -1.66. The number of pyridine rings is 1. The van der Waals surface area contributed by atoms with Crippen LogP contribution in [-0.4, -0.2) is 36.9 Å². The summed E-state index contributed by atoms with van der Waals surface area (Å²) in [7, 11) is 3.04. The minimum absolute atomic E-state index is 0.476. The summed E-state index contributed by atoms with van der Waals surface area (Å²) in [6.45, 7) is 0.476. The van der Waals surface area contributed by atoms with E-state index < -0.39 is 12.4 Å². The molecular weight excluding hydrogens is 236 g/mol. The number of aromatic nitrogens is 1. The molecule has 2 heterocycles. The van der Waals surface area contributed by atoms with Crippen LogP contribution in [0.15, 0.2) is 12.1 Å². The predicted molar refractivity (Wildman–Crippen MR) is 64.7 cm³/mol. The molecule has 0 atom stereocenters. The van der Waals surface area contributed by atoms with Gasteiger partial charge in [0.1, 0.15) is 5.82 Å². The van der Waals surface area contributed by atoms with Crippen LogP contribution in [0.5, 0.6) is 0 Å². The lowest BCUT2D eigenvalue weighted by atomic mass is 10.1. The van der Waals surface area contributed by atoms with Crippen LogP contribution in [0.2, 0.25) is 0 Å². The number of aryl methyl sites for hydroxylation is 1. The van der Waals surface area contributed by atoms with Crippen LogP contribution in [0.25, 0.3) is 0 Å². The third-order valence-corrected chi connectivity index (χ3v) is 2.96. The largest absolute Gasteiger partial charge is 0.465 e. The molecule has 0 saturated heterocycles. The maximum Gasteiger partial charge on any atom is 0.413 e. The third kappa shape index (κ3) is 2.30. The maximum atomic E-state index is 11.2. The fourth-order valence-corrected chi connectivity index (χ4v) is 2.11. The zero-order valence-corrected chi connectivity index (χ0v) is 10.4. The van der Waals surface area contributed by atoms with E-state index >= 15 is 0 Å². The van der Waals surface area contributed by atoms with Crippen LogP contribution in [0, 0.1) is 0 Å². The molecule has 1 N–H and O–H groups in total. The average Bonchev–Trinajstić information content (AvgIpc) is 2.39. The summed E-state index contributed by atoms with van der Waals surface area (Å²) < 4.78 is 10.2. The molecule has 0 saturated carbocycles. The third-order valence-electron chi connectivity index (χ3n) is 2.96. The fourth-order valence-electron chi connectivity index (χ4n) is 2.11. The van der Waals surface area contributed by atoms with Gasteiger partial charge < -0.3 is 14.6 Å². The van der Waals surface area contributed by atoms with Gasteiger partial charge in [0.15, 0.2) is 0 Å². The molecule has 1 aliphatic rings. The summed E-state index contributed by atoms with van der Waals surface area (Å²) in [4.78, 5) is 16.8. The molecule has 6 nitrogen and oxygen atoms in total. The van der Waals surface area contributed by atoms with E-state index in [9.17, 15) is 4.79 Å². The van der Waals surface area contributed by atoms with Crippen LogP contribution in [0.3, 0.4) is 0 Å². The topological polar surface area (TPSA) is 71.9 Å². The first-order valence-corrected chi connectivity index (χ1v) is 5.73. The first-order valence-electron chi connectivity index (χ1n) is 5.73. The van der Waals surface area contributed by atoms with Crippen molar-refractivity contribution >= 4 is 11.9 Å². The van der Waals surface area contributed by atoms with E-state index in [4.69, 9.17) is 14.6 Å². The highest BCUT2D eigenvalue weighted by atomic mass is 16.7. The summed E-state index contributed by atoms with van der Waals surface area (Å²) >= 11 is 0. The molecule has 0 fully saturated rings. The van der Waals surface area contributed by atoms with Crippen LogP contribution < -0.4 is 4.90 Å². The normalized spacial score (nSPS) is 14.7. The van der Waals surface area contributed by atoms with Gasteiger partial charge in [-0.15, -0.1) is 0 Å². The molecule has 0 aliphatic carbocycles. The van der Waals surface area contributed by atoms with E-state index in [1.54, 1.807) is 0 Å². The number of hydrogen-bond donors (Lipinski definition) is 1. The Labute approximate surface area is 105 Å². The second-order valence-electron chi connectivity index (χ2n) is 4.06. The van der Waals surface area contributed by atoms with E-state index in [0.29, 0.717) is 18.1 Å². The molecule has 98 valence electrons. The summed E-state index contributed by atoms with van der Waals surface area (Å²) in [6.07, 6.45) is 0.106. The van der Waals surface area contributed by atoms with E-state index in [1.807, 2.05) is 12.1 Å². The van der Waals surface area contributed by atoms with Crippen molar-refractivity contribution in [3.8, 4) is 0 Å². The number of nitrogens with zero attached hydrogens (tertiary/aromatic N) is 2. The Bertz CT molecular complexity index is 446. The number of methoxy groups -OCH3 is 2. The van der Waals surface area contributed by atoms with Crippen LogP contribution >= 0.6 is 0 Å². The standard InChI is InChI=1S/C12H16N2O4/c1-17-11(18-2)9-6-5-8-4-3-7-14(12(15)16)10(8)13-9/h5-6,11H,3-4,7H2,1-2H3,(H,15,16). The molecule has 1 aromatic rings. The van der Waals surface area contributed by atoms with Crippen molar-refractivity contribution < 1.29 is 19.4 Å². The molecule has 0 aromatic carbocycles. The van der Waals surface area contributed by atoms with E-state index in [0.717, 1.165) is 18.4 Å². The van der Waals surface area contributed by atoms with Gasteiger partial charge in [-0.05, 0) is 24.5 Å². The molecule has 1 aromatic heterocycles. The molecule has 0 bridgehead atoms. The second-order valence-corrected chi connectivity index (χ2v) is 4.06. The van der Waals surface area contributed by atoms with Gasteiger partial charge in [-0.1, -0.05) is 6.07 Å². The molecule has 2 rings (SSSR count). The van der Waals surface area contributed by atoms with Crippen molar-refractivity contribution in [3.63, 3.8) is 0 Å². The Kier molecular flexibility index (Phi) is 3.78. The van der Waals surface area contributed by atoms with Gasteiger partial charge in [-0.2, -0.15) is 0 Å². The lowest BCUT2D eigenvalue weighted by Crippen LogP contribution is -2.35. The number of rotatable bonds is 3. The number of carboxylic acid groups (broad SMARTS) is 1. The second kappa shape index (κ2) is 5.32. The lowest BCUT2D eigenvalue weighted by molar-refractivity contribution is -0.108. The number of amides is 1. The van der Waals surface area contributed by atoms with Crippen molar-refractivity contribution in [2.24, 2.45) is 0 Å². The summed E-state index contributed by atoms with van der Waals surface area (Å²) in [6, 6.07) is 3.69. The zero-order valence-electron chi connectivity index (χ0n) is 10.4. The van der Waals surface area contributed by atoms with Crippen molar-refractivity contribution in [3.05, 3.63) is 23.4 Å². The zero-order chi connectivity index (χ0) is 13.1. The highest BCUT2D eigenvalue weighted by Gasteiger charge is 2.25. The van der Waals surface area contributed by atoms with Crippen molar-refractivity contribution in [2.75, 3.05) is 25.7 Å². The Morgan fingerprint density at radius 1 is 1.44 bits per heavy atom. The molecule has 1 amide bonds. The highest BCUT2D eigenvalue weighted by molar-refractivity contribution is 5.86. The van der Waals surface area contributed by atoms with Crippen molar-refractivity contribution in [1.82, 2.24) is 4.98 Å². The van der Waals surface area contributed by atoms with Crippen LogP contribution in [0.1, 0.15) is 24.0 Å². The van der Waals surface area contributed by atoms with Gasteiger partial charge in [0.2, 0.25) is 6.29 Å². The van der Waals surface area contributed by atoms with Crippen LogP contribution in [0.4, 0.5) is 10.6 Å². The van der Waals surface area contributed by atoms with Crippen molar-refractivity contribution in [2.45, 2.75) is 19.1 Å². The molecule has 18 heavy (non-hydrogen) atoms. The molecule has 6 heteroatoms. The Balaban J connectivity index is 2.39. The molecule has 1 aliphatic heterocycles. The number of anilines is 1. The first kappa shape index (κ1) is 12.8. The fraction of sp³-hybridized carbons (Fsp3) is 0.500. The summed E-state index contributed by atoms with van der Waals surface area (Å²) in [5.74, 6) is 0.491. The van der Waals surface area contributed by atoms with Gasteiger partial charge >= 0.3 is 6.09 Å².